The molecule has 4 atom stereocenters. The molecular weight excluding hydrogens is 695 g/mol. The molecule has 12 nitrogen and oxygen atoms in total. The van der Waals surface area contributed by atoms with Crippen LogP contribution < -0.4 is 26.6 Å². The van der Waals surface area contributed by atoms with Gasteiger partial charge < -0.3 is 31.7 Å². The summed E-state index contributed by atoms with van der Waals surface area (Å²) in [6.07, 6.45) is -0.192. The summed E-state index contributed by atoms with van der Waals surface area (Å²) in [5.74, 6) is -4.30. The maximum atomic E-state index is 14.1. The van der Waals surface area contributed by atoms with E-state index in [2.05, 4.69) is 26.6 Å². The molecule has 3 aromatic carbocycles. The van der Waals surface area contributed by atoms with Gasteiger partial charge in [0.05, 0.1) is 0 Å². The fraction of sp³-hybridized carbons (Fsp3) is 0.300. The molecule has 53 heavy (non-hydrogen) atoms. The summed E-state index contributed by atoms with van der Waals surface area (Å²) >= 11 is 1.24. The lowest BCUT2D eigenvalue weighted by molar-refractivity contribution is -0.142. The number of amides is 5. The van der Waals surface area contributed by atoms with Gasteiger partial charge in [-0.2, -0.15) is 0 Å². The molecule has 6 rings (SSSR count). The van der Waals surface area contributed by atoms with Crippen LogP contribution in [-0.4, -0.2) is 58.7 Å². The Morgan fingerprint density at radius 2 is 1.36 bits per heavy atom. The van der Waals surface area contributed by atoms with Gasteiger partial charge in [0, 0.05) is 36.2 Å². The SMILES string of the molecule is CC(C)C[C@@H]1NC(=O)[C@H](Cc2ccc(-c3ccccc3)cc2)NC(=O)C(c2cccs2)NC(=O)CCC(=O)Nc2ccc(cc2)C[C@@H](C(=O)O)NC1=O. The monoisotopic (exact) mass is 737 g/mol. The largest absolute Gasteiger partial charge is 0.480 e. The minimum Gasteiger partial charge on any atom is -0.480 e. The van der Waals surface area contributed by atoms with Crippen molar-refractivity contribution in [1.82, 2.24) is 21.3 Å². The van der Waals surface area contributed by atoms with Crippen molar-refractivity contribution in [2.75, 3.05) is 5.32 Å². The topological polar surface area (TPSA) is 183 Å². The highest BCUT2D eigenvalue weighted by Gasteiger charge is 2.33. The van der Waals surface area contributed by atoms with Crippen molar-refractivity contribution in [2.45, 2.75) is 70.1 Å². The van der Waals surface area contributed by atoms with Gasteiger partial charge in [0.25, 0.3) is 0 Å². The van der Waals surface area contributed by atoms with E-state index in [4.69, 9.17) is 0 Å². The molecule has 0 fully saturated rings. The fourth-order valence-corrected chi connectivity index (χ4v) is 6.75. The summed E-state index contributed by atoms with van der Waals surface area (Å²) < 4.78 is 0. The summed E-state index contributed by atoms with van der Waals surface area (Å²) in [5.41, 5.74) is 3.72. The Morgan fingerprint density at radius 1 is 0.717 bits per heavy atom. The second-order valence-corrected chi connectivity index (χ2v) is 14.4. The van der Waals surface area contributed by atoms with Gasteiger partial charge in [0.2, 0.25) is 29.5 Å². The van der Waals surface area contributed by atoms with E-state index in [1.807, 2.05) is 68.4 Å². The summed E-state index contributed by atoms with van der Waals surface area (Å²) in [7, 11) is 0. The molecule has 0 saturated heterocycles. The summed E-state index contributed by atoms with van der Waals surface area (Å²) in [4.78, 5) is 80.5. The summed E-state index contributed by atoms with van der Waals surface area (Å²) in [5, 5.41) is 25.4. The van der Waals surface area contributed by atoms with Gasteiger partial charge in [-0.25, -0.2) is 4.79 Å². The number of fused-ring (bicyclic) bond motifs is 18. The van der Waals surface area contributed by atoms with Gasteiger partial charge in [-0.3, -0.25) is 24.0 Å². The van der Waals surface area contributed by atoms with Crippen LogP contribution >= 0.6 is 11.3 Å². The van der Waals surface area contributed by atoms with E-state index in [0.29, 0.717) is 16.1 Å². The van der Waals surface area contributed by atoms with Gasteiger partial charge in [0.15, 0.2) is 0 Å². The molecule has 2 bridgehead atoms. The van der Waals surface area contributed by atoms with Crippen LogP contribution in [0.5, 0.6) is 0 Å². The highest BCUT2D eigenvalue weighted by atomic mass is 32.1. The summed E-state index contributed by atoms with van der Waals surface area (Å²) in [6, 6.07) is 22.4. The second-order valence-electron chi connectivity index (χ2n) is 13.4. The molecule has 1 unspecified atom stereocenters. The van der Waals surface area contributed by atoms with Crippen molar-refractivity contribution in [3.05, 3.63) is 112 Å². The quantitative estimate of drug-likeness (QED) is 0.152. The first-order chi connectivity index (χ1) is 25.4. The van der Waals surface area contributed by atoms with Crippen molar-refractivity contribution in [3.63, 3.8) is 0 Å². The number of carboxylic acids is 1. The number of carbonyl (C=O) groups is 6. The smallest absolute Gasteiger partial charge is 0.326 e. The lowest BCUT2D eigenvalue weighted by Crippen LogP contribution is -2.57. The average molecular weight is 738 g/mol. The number of carboxylic acid groups (broad SMARTS) is 1. The van der Waals surface area contributed by atoms with Crippen molar-refractivity contribution in [2.24, 2.45) is 5.92 Å². The van der Waals surface area contributed by atoms with E-state index in [1.165, 1.54) is 11.3 Å². The number of thiophene rings is 1. The highest BCUT2D eigenvalue weighted by molar-refractivity contribution is 7.10. The highest BCUT2D eigenvalue weighted by Crippen LogP contribution is 2.22. The minimum absolute atomic E-state index is 0.0432. The van der Waals surface area contributed by atoms with Gasteiger partial charge in [-0.15, -0.1) is 11.3 Å². The minimum atomic E-state index is -1.31. The molecule has 4 aromatic rings. The third kappa shape index (κ3) is 11.1. The molecule has 0 saturated carbocycles. The number of anilines is 1. The Labute approximate surface area is 311 Å². The van der Waals surface area contributed by atoms with E-state index in [9.17, 15) is 33.9 Å². The standard InChI is InChI=1S/C40H43N5O7S/c1-24(2)21-30-37(48)44-32(40(51)52)23-26-12-16-29(17-13-26)41-34(46)18-19-35(47)45-36(33-9-6-20-53-33)39(50)43-31(38(49)42-30)22-25-10-14-28(15-11-25)27-7-4-3-5-8-27/h3-17,20,24,30-32,36H,18-19,21-23H2,1-2H3,(H,41,46)(H,42,49)(H,43,50)(H,44,48)(H,45,47)(H,51,52)/t30-,31-,32-,36?/m0/s1. The van der Waals surface area contributed by atoms with Crippen LogP contribution in [0.15, 0.2) is 96.4 Å². The van der Waals surface area contributed by atoms with Crippen LogP contribution in [0.2, 0.25) is 0 Å². The molecule has 1 aromatic heterocycles. The fourth-order valence-electron chi connectivity index (χ4n) is 5.98. The number of aliphatic carboxylic acids is 1. The van der Waals surface area contributed by atoms with E-state index < -0.39 is 59.7 Å². The van der Waals surface area contributed by atoms with Gasteiger partial charge in [-0.1, -0.05) is 86.6 Å². The maximum Gasteiger partial charge on any atom is 0.326 e. The Hall–Kier alpha value is -5.82. The third-order valence-corrected chi connectivity index (χ3v) is 9.68. The van der Waals surface area contributed by atoms with E-state index in [-0.39, 0.29) is 38.0 Å². The predicted octanol–water partition coefficient (Wildman–Crippen LogP) is 4.38. The van der Waals surface area contributed by atoms with E-state index >= 15 is 0 Å². The number of nitrogens with one attached hydrogen (secondary N) is 5. The van der Waals surface area contributed by atoms with Crippen molar-refractivity contribution in [3.8, 4) is 11.1 Å². The first kappa shape index (κ1) is 38.4. The Morgan fingerprint density at radius 3 is 2.00 bits per heavy atom. The van der Waals surface area contributed by atoms with Crippen LogP contribution in [-0.2, 0) is 41.6 Å². The number of hydrogen-bond donors (Lipinski definition) is 6. The first-order valence-electron chi connectivity index (χ1n) is 17.4. The van der Waals surface area contributed by atoms with Crippen LogP contribution in [0.25, 0.3) is 11.1 Å². The van der Waals surface area contributed by atoms with Crippen LogP contribution in [0.4, 0.5) is 5.69 Å². The zero-order valence-corrected chi connectivity index (χ0v) is 30.3. The molecule has 5 amide bonds. The van der Waals surface area contributed by atoms with Gasteiger partial charge >= 0.3 is 5.97 Å². The molecule has 13 heteroatoms. The average Bonchev–Trinajstić information content (AvgIpc) is 3.68. The molecule has 0 aliphatic carbocycles. The lowest BCUT2D eigenvalue weighted by Gasteiger charge is -2.27. The lowest BCUT2D eigenvalue weighted by atomic mass is 9.98. The third-order valence-electron chi connectivity index (χ3n) is 8.74. The Balaban J connectivity index is 1.48. The van der Waals surface area contributed by atoms with Crippen molar-refractivity contribution >= 4 is 52.5 Å². The molecular formula is C40H43N5O7S. The van der Waals surface area contributed by atoms with E-state index in [0.717, 1.165) is 16.7 Å². The first-order valence-corrected chi connectivity index (χ1v) is 18.3. The molecule has 0 spiro atoms. The zero-order valence-electron chi connectivity index (χ0n) is 29.5. The van der Waals surface area contributed by atoms with Gasteiger partial charge in [0.1, 0.15) is 24.2 Å². The second kappa shape index (κ2) is 18.1. The normalized spacial score (nSPS) is 20.7. The molecule has 2 aliphatic rings. The molecule has 2 aliphatic heterocycles. The van der Waals surface area contributed by atoms with Crippen molar-refractivity contribution < 1.29 is 33.9 Å². The number of benzene rings is 3. The van der Waals surface area contributed by atoms with Crippen molar-refractivity contribution in [1.29, 1.82) is 0 Å². The molecule has 6 N–H and O–H groups in total. The molecule has 3 heterocycles. The maximum absolute atomic E-state index is 14.1. The van der Waals surface area contributed by atoms with E-state index in [1.54, 1.807) is 41.8 Å². The number of carbonyl (C=O) groups excluding carboxylic acids is 5. The number of hydrogen-bond acceptors (Lipinski definition) is 7. The molecule has 0 radical (unpaired) electrons. The van der Waals surface area contributed by atoms with Crippen LogP contribution in [0, 0.1) is 5.92 Å². The van der Waals surface area contributed by atoms with Gasteiger partial charge in [-0.05, 0) is 58.2 Å². The Bertz CT molecular complexity index is 1900. The predicted molar refractivity (Wildman–Crippen MR) is 202 cm³/mol. The van der Waals surface area contributed by atoms with Crippen LogP contribution in [0.1, 0.15) is 55.2 Å². The zero-order chi connectivity index (χ0) is 37.9. The summed E-state index contributed by atoms with van der Waals surface area (Å²) in [6.45, 7) is 3.74. The number of rotatable bonds is 7. The Kier molecular flexibility index (Phi) is 13.1. The van der Waals surface area contributed by atoms with Crippen LogP contribution in [0.3, 0.4) is 0 Å². The molecule has 276 valence electrons.